The predicted molar refractivity (Wildman–Crippen MR) is 88.0 cm³/mol. The van der Waals surface area contributed by atoms with Gasteiger partial charge in [-0.05, 0) is 45.8 Å². The SMILES string of the molecule is c1cc2/c(s1)=c1/scc/c1=c1\ccs\c1=c1/scc/c1=2. The van der Waals surface area contributed by atoms with Gasteiger partial charge < -0.3 is 0 Å². The van der Waals surface area contributed by atoms with E-state index >= 15 is 0 Å². The third kappa shape index (κ3) is 1.40. The second-order valence-corrected chi connectivity index (χ2v) is 8.32. The van der Waals surface area contributed by atoms with Crippen LogP contribution < -0.4 is 0 Å². The van der Waals surface area contributed by atoms with E-state index < -0.39 is 0 Å². The van der Waals surface area contributed by atoms with Crippen molar-refractivity contribution in [2.45, 2.75) is 0 Å². The maximum absolute atomic E-state index is 2.27. The van der Waals surface area contributed by atoms with E-state index in [2.05, 4.69) is 45.8 Å². The molecule has 5 rings (SSSR count). The summed E-state index contributed by atoms with van der Waals surface area (Å²) in [5, 5.41) is 14.5. The lowest BCUT2D eigenvalue weighted by Crippen LogP contribution is -1.76. The quantitative estimate of drug-likeness (QED) is 0.357. The molecule has 0 spiro atoms. The van der Waals surface area contributed by atoms with Crippen molar-refractivity contribution in [3.63, 3.8) is 0 Å². The molecule has 0 nitrogen and oxygen atoms in total. The van der Waals surface area contributed by atoms with E-state index in [9.17, 15) is 0 Å². The zero-order valence-electron chi connectivity index (χ0n) is 10.3. The van der Waals surface area contributed by atoms with Gasteiger partial charge in [-0.3, -0.25) is 0 Å². The van der Waals surface area contributed by atoms with Crippen LogP contribution in [0, 0.1) is 39.0 Å². The lowest BCUT2D eigenvalue weighted by Gasteiger charge is -1.87. The normalized spacial score (nSPS) is 19.2. The molecule has 1 aliphatic carbocycles. The van der Waals surface area contributed by atoms with E-state index in [0.717, 1.165) is 0 Å². The largest absolute Gasteiger partial charge is 0.142 e. The topological polar surface area (TPSA) is 0 Å². The van der Waals surface area contributed by atoms with E-state index in [-0.39, 0.29) is 0 Å². The zero-order chi connectivity index (χ0) is 13.1. The zero-order valence-corrected chi connectivity index (χ0v) is 13.5. The molecule has 0 aromatic carbocycles. The van der Waals surface area contributed by atoms with E-state index in [4.69, 9.17) is 0 Å². The molecule has 96 valence electrons. The molecule has 4 heteroatoms. The lowest BCUT2D eigenvalue weighted by molar-refractivity contribution is 1.45. The Morgan fingerprint density at radius 3 is 0.900 bits per heavy atom. The Kier molecular flexibility index (Phi) is 2.38. The van der Waals surface area contributed by atoms with Crippen molar-refractivity contribution in [1.29, 1.82) is 0 Å². The highest BCUT2D eigenvalue weighted by atomic mass is 32.1. The van der Waals surface area contributed by atoms with Gasteiger partial charge in [0.05, 0.1) is 18.1 Å². The van der Waals surface area contributed by atoms with Gasteiger partial charge in [0.15, 0.2) is 0 Å². The lowest BCUT2D eigenvalue weighted by atomic mass is 10.2. The van der Waals surface area contributed by atoms with Gasteiger partial charge in [-0.2, -0.15) is 0 Å². The number of hydrogen-bond donors (Lipinski definition) is 0. The number of rotatable bonds is 0. The van der Waals surface area contributed by atoms with Crippen molar-refractivity contribution in [1.82, 2.24) is 0 Å². The van der Waals surface area contributed by atoms with Crippen LogP contribution in [0.3, 0.4) is 0 Å². The minimum atomic E-state index is 1.40. The fourth-order valence-electron chi connectivity index (χ4n) is 2.79. The highest BCUT2D eigenvalue weighted by molar-refractivity contribution is 7.12. The molecule has 0 saturated heterocycles. The minimum Gasteiger partial charge on any atom is -0.142 e. The Balaban J connectivity index is 2.54. The first-order chi connectivity index (χ1) is 9.93. The number of thiophene rings is 4. The van der Waals surface area contributed by atoms with Gasteiger partial charge in [0.25, 0.3) is 0 Å². The molecule has 4 aromatic heterocycles. The summed E-state index contributed by atoms with van der Waals surface area (Å²) in [6, 6.07) is 9.09. The number of fused-ring (bicyclic) bond motifs is 4. The molecule has 0 amide bonds. The first-order valence-corrected chi connectivity index (χ1v) is 9.77. The Morgan fingerprint density at radius 1 is 0.400 bits per heavy atom. The average Bonchev–Trinajstić information content (AvgIpc) is 3.21. The van der Waals surface area contributed by atoms with E-state index in [1.165, 1.54) is 39.0 Å². The Hall–Kier alpha value is -1.20. The Morgan fingerprint density at radius 2 is 0.650 bits per heavy atom. The van der Waals surface area contributed by atoms with Crippen molar-refractivity contribution in [2.75, 3.05) is 0 Å². The van der Waals surface area contributed by atoms with Gasteiger partial charge in [0, 0.05) is 20.9 Å². The van der Waals surface area contributed by atoms with Crippen molar-refractivity contribution in [2.24, 2.45) is 0 Å². The summed E-state index contributed by atoms with van der Waals surface area (Å²) in [7, 11) is 0. The summed E-state index contributed by atoms with van der Waals surface area (Å²) in [6.45, 7) is 0. The van der Waals surface area contributed by atoms with Gasteiger partial charge in [0.2, 0.25) is 0 Å². The van der Waals surface area contributed by atoms with Crippen LogP contribution in [0.15, 0.2) is 45.8 Å². The van der Waals surface area contributed by atoms with Crippen molar-refractivity contribution < 1.29 is 0 Å². The molecule has 4 aromatic rings. The Bertz CT molecular complexity index is 953. The van der Waals surface area contributed by atoms with Gasteiger partial charge in [0.1, 0.15) is 0 Å². The molecule has 0 aliphatic heterocycles. The summed E-state index contributed by atoms with van der Waals surface area (Å²) in [4.78, 5) is 0. The molecule has 0 atom stereocenters. The summed E-state index contributed by atoms with van der Waals surface area (Å²) in [5.41, 5.74) is 0. The van der Waals surface area contributed by atoms with E-state index in [0.29, 0.717) is 0 Å². The summed E-state index contributed by atoms with van der Waals surface area (Å²) in [5.74, 6) is 0. The smallest absolute Gasteiger partial charge is 0.0527 e. The van der Waals surface area contributed by atoms with Gasteiger partial charge in [-0.25, -0.2) is 0 Å². The first kappa shape index (κ1) is 11.5. The predicted octanol–water partition coefficient (Wildman–Crippen LogP) is 5.39. The highest BCUT2D eigenvalue weighted by Gasteiger charge is 2.03. The molecule has 20 heavy (non-hydrogen) atoms. The maximum atomic E-state index is 2.27. The summed E-state index contributed by atoms with van der Waals surface area (Å²) >= 11 is 7.43. The van der Waals surface area contributed by atoms with Crippen LogP contribution in [0.4, 0.5) is 0 Å². The van der Waals surface area contributed by atoms with Crippen molar-refractivity contribution >= 4 is 45.3 Å². The van der Waals surface area contributed by atoms with Crippen molar-refractivity contribution in [3.05, 3.63) is 84.8 Å². The molecule has 0 bridgehead atoms. The summed E-state index contributed by atoms with van der Waals surface area (Å²) in [6.07, 6.45) is 0. The van der Waals surface area contributed by atoms with Crippen LogP contribution >= 0.6 is 45.3 Å². The van der Waals surface area contributed by atoms with Crippen molar-refractivity contribution in [3.8, 4) is 0 Å². The summed E-state index contributed by atoms with van der Waals surface area (Å²) < 4.78 is 5.69. The van der Waals surface area contributed by atoms with E-state index in [1.807, 2.05) is 45.3 Å². The fourth-order valence-corrected chi connectivity index (χ4v) is 6.81. The molecule has 0 unspecified atom stereocenters. The number of hydrogen-bond acceptors (Lipinski definition) is 4. The van der Waals surface area contributed by atoms with E-state index in [1.54, 1.807) is 0 Å². The van der Waals surface area contributed by atoms with Crippen LogP contribution in [-0.4, -0.2) is 0 Å². The molecular weight excluding hydrogens is 320 g/mol. The fraction of sp³-hybridized carbons (Fsp3) is 0. The van der Waals surface area contributed by atoms with Crippen LogP contribution in [0.5, 0.6) is 0 Å². The molecule has 0 N–H and O–H groups in total. The standard InChI is InChI=1S/C16H8S4/c1-5-17-13-9(1)10-2-6-18-14(10)16-12(4-8-20-16)11-3-7-19-15(11)13/h1-8H/b10-9-,12-11-,15-13-,16-14-. The molecular formula is C16H8S4. The maximum Gasteiger partial charge on any atom is 0.0527 e. The third-order valence-electron chi connectivity index (χ3n) is 3.65. The monoisotopic (exact) mass is 328 g/mol. The molecule has 0 saturated carbocycles. The van der Waals surface area contributed by atoms with Gasteiger partial charge in [-0.1, -0.05) is 0 Å². The van der Waals surface area contributed by atoms with Gasteiger partial charge >= 0.3 is 0 Å². The second kappa shape index (κ2) is 4.15. The average molecular weight is 329 g/mol. The van der Waals surface area contributed by atoms with Gasteiger partial charge in [-0.15, -0.1) is 45.3 Å². The van der Waals surface area contributed by atoms with Crippen LogP contribution in [-0.2, 0) is 0 Å². The van der Waals surface area contributed by atoms with Crippen LogP contribution in [0.2, 0.25) is 0 Å². The molecule has 0 radical (unpaired) electrons. The minimum absolute atomic E-state index is 1.40. The van der Waals surface area contributed by atoms with Crippen LogP contribution in [0.25, 0.3) is 0 Å². The van der Waals surface area contributed by atoms with Crippen LogP contribution in [0.1, 0.15) is 0 Å². The molecule has 4 heterocycles. The molecule has 1 aliphatic rings. The highest BCUT2D eigenvalue weighted by Crippen LogP contribution is 2.22. The Labute approximate surface area is 129 Å². The molecule has 0 fully saturated rings. The second-order valence-electron chi connectivity index (χ2n) is 4.65. The first-order valence-electron chi connectivity index (χ1n) is 6.25. The third-order valence-corrected chi connectivity index (χ3v) is 7.64.